The lowest BCUT2D eigenvalue weighted by atomic mass is 9.97. The summed E-state index contributed by atoms with van der Waals surface area (Å²) in [6, 6.07) is 3.80. The molecule has 2 aromatic heterocycles. The van der Waals surface area contributed by atoms with E-state index in [0.717, 1.165) is 30.2 Å². The highest BCUT2D eigenvalue weighted by Crippen LogP contribution is 2.48. The molecule has 0 saturated heterocycles. The largest absolute Gasteiger partial charge is 0.416 e. The van der Waals surface area contributed by atoms with E-state index >= 15 is 0 Å². The number of amides is 1. The molecule has 5 rings (SSSR count). The highest BCUT2D eigenvalue weighted by molar-refractivity contribution is 5.85. The topological polar surface area (TPSA) is 62.5 Å². The van der Waals surface area contributed by atoms with Gasteiger partial charge in [-0.1, -0.05) is 19.1 Å². The molecule has 32 heavy (non-hydrogen) atoms. The molecule has 1 atom stereocenters. The van der Waals surface area contributed by atoms with Gasteiger partial charge in [0.1, 0.15) is 5.82 Å². The summed E-state index contributed by atoms with van der Waals surface area (Å²) in [6.45, 7) is 6.17. The maximum Gasteiger partial charge on any atom is 0.416 e. The highest BCUT2D eigenvalue weighted by atomic mass is 19.4. The van der Waals surface area contributed by atoms with Crippen LogP contribution in [0.15, 0.2) is 30.6 Å². The van der Waals surface area contributed by atoms with Crippen molar-refractivity contribution >= 4 is 17.5 Å². The van der Waals surface area contributed by atoms with Crippen molar-refractivity contribution in [1.29, 1.82) is 0 Å². The Balaban J connectivity index is 1.50. The van der Waals surface area contributed by atoms with Crippen molar-refractivity contribution < 1.29 is 18.0 Å². The molecule has 1 amide bonds. The fourth-order valence-electron chi connectivity index (χ4n) is 4.56. The summed E-state index contributed by atoms with van der Waals surface area (Å²) in [5.41, 5.74) is 1.64. The van der Waals surface area contributed by atoms with E-state index in [1.54, 1.807) is 12.3 Å². The van der Waals surface area contributed by atoms with Crippen LogP contribution >= 0.6 is 0 Å². The first-order valence-electron chi connectivity index (χ1n) is 10.7. The third kappa shape index (κ3) is 3.30. The van der Waals surface area contributed by atoms with Crippen molar-refractivity contribution in [2.45, 2.75) is 58.9 Å². The molecule has 1 aliphatic carbocycles. The first-order valence-corrected chi connectivity index (χ1v) is 10.7. The van der Waals surface area contributed by atoms with E-state index < -0.39 is 17.8 Å². The van der Waals surface area contributed by atoms with Gasteiger partial charge in [0.05, 0.1) is 30.4 Å². The molecule has 3 heterocycles. The van der Waals surface area contributed by atoms with Crippen LogP contribution in [0.5, 0.6) is 0 Å². The predicted octanol–water partition coefficient (Wildman–Crippen LogP) is 4.87. The van der Waals surface area contributed by atoms with E-state index in [1.165, 1.54) is 13.0 Å². The average Bonchev–Trinajstić information content (AvgIpc) is 3.14. The summed E-state index contributed by atoms with van der Waals surface area (Å²) in [7, 11) is 0. The predicted molar refractivity (Wildman–Crippen MR) is 113 cm³/mol. The number of hydrogen-bond acceptors (Lipinski definition) is 4. The fourth-order valence-corrected chi connectivity index (χ4v) is 4.56. The lowest BCUT2D eigenvalue weighted by Gasteiger charge is -2.22. The van der Waals surface area contributed by atoms with Crippen molar-refractivity contribution in [3.63, 3.8) is 0 Å². The van der Waals surface area contributed by atoms with Gasteiger partial charge in [-0.3, -0.25) is 9.20 Å². The SMILES string of the molecule is Cc1c(C(C)Nc2nc3nccn3c3c2CN(C(=O)C2(C)CC2)C3)cccc1C(F)(F)F. The van der Waals surface area contributed by atoms with Gasteiger partial charge in [0, 0.05) is 23.4 Å². The quantitative estimate of drug-likeness (QED) is 0.625. The van der Waals surface area contributed by atoms with Gasteiger partial charge >= 0.3 is 6.18 Å². The molecule has 0 spiro atoms. The number of hydrogen-bond donors (Lipinski definition) is 1. The number of nitrogens with zero attached hydrogens (tertiary/aromatic N) is 4. The standard InChI is InChI=1S/C23H24F3N5O/c1-13-15(5-4-6-17(13)23(24,25)26)14(2)28-19-16-11-30(20(32)22(3)7-8-22)12-18(16)31-10-9-27-21(31)29-19/h4-6,9-10,14H,7-8,11-12H2,1-3H3,(H,27,28,29). The molecule has 0 radical (unpaired) electrons. The number of carbonyl (C=O) groups excluding carboxylic acids is 1. The zero-order valence-corrected chi connectivity index (χ0v) is 18.1. The zero-order valence-electron chi connectivity index (χ0n) is 18.1. The number of imidazole rings is 1. The Labute approximate surface area is 183 Å². The third-order valence-corrected chi connectivity index (χ3v) is 6.75. The van der Waals surface area contributed by atoms with Crippen LogP contribution in [0.2, 0.25) is 0 Å². The Hall–Kier alpha value is -3.10. The van der Waals surface area contributed by atoms with Crippen molar-refractivity contribution in [3.8, 4) is 0 Å². The summed E-state index contributed by atoms with van der Waals surface area (Å²) in [5, 5.41) is 3.30. The van der Waals surface area contributed by atoms with E-state index in [-0.39, 0.29) is 16.9 Å². The Morgan fingerprint density at radius 1 is 1.25 bits per heavy atom. The van der Waals surface area contributed by atoms with Gasteiger partial charge in [0.25, 0.3) is 0 Å². The zero-order chi connectivity index (χ0) is 22.8. The van der Waals surface area contributed by atoms with E-state index in [0.29, 0.717) is 30.2 Å². The second kappa shape index (κ2) is 6.95. The summed E-state index contributed by atoms with van der Waals surface area (Å²) < 4.78 is 42.0. The summed E-state index contributed by atoms with van der Waals surface area (Å²) >= 11 is 0. The lowest BCUT2D eigenvalue weighted by molar-refractivity contribution is -0.138. The second-order valence-electron chi connectivity index (χ2n) is 9.09. The number of nitrogens with one attached hydrogen (secondary N) is 1. The first kappa shape index (κ1) is 20.8. The molecule has 3 aromatic rings. The van der Waals surface area contributed by atoms with Gasteiger partial charge in [-0.25, -0.2) is 4.98 Å². The van der Waals surface area contributed by atoms with Crippen LogP contribution in [0, 0.1) is 12.3 Å². The summed E-state index contributed by atoms with van der Waals surface area (Å²) in [5.74, 6) is 1.18. The van der Waals surface area contributed by atoms with E-state index in [1.807, 2.05) is 29.3 Å². The molecule has 1 N–H and O–H groups in total. The molecule has 168 valence electrons. The minimum atomic E-state index is -4.41. The van der Waals surface area contributed by atoms with Crippen molar-refractivity contribution in [1.82, 2.24) is 19.3 Å². The Bertz CT molecular complexity index is 1230. The molecule has 1 unspecified atom stereocenters. The molecule has 9 heteroatoms. The van der Waals surface area contributed by atoms with Gasteiger partial charge in [-0.2, -0.15) is 18.2 Å². The Morgan fingerprint density at radius 3 is 2.69 bits per heavy atom. The molecular weight excluding hydrogens is 419 g/mol. The average molecular weight is 443 g/mol. The van der Waals surface area contributed by atoms with E-state index in [9.17, 15) is 18.0 Å². The molecule has 1 saturated carbocycles. The Morgan fingerprint density at radius 2 is 2.00 bits per heavy atom. The Kier molecular flexibility index (Phi) is 4.51. The molecule has 0 bridgehead atoms. The lowest BCUT2D eigenvalue weighted by Crippen LogP contribution is -2.31. The highest BCUT2D eigenvalue weighted by Gasteiger charge is 2.48. The summed E-state index contributed by atoms with van der Waals surface area (Å²) in [4.78, 5) is 23.7. The van der Waals surface area contributed by atoms with Crippen LogP contribution < -0.4 is 5.32 Å². The molecule has 1 aliphatic heterocycles. The number of halogens is 3. The van der Waals surface area contributed by atoms with Gasteiger partial charge in [0.15, 0.2) is 0 Å². The maximum absolute atomic E-state index is 13.4. The maximum atomic E-state index is 13.4. The van der Waals surface area contributed by atoms with Crippen LogP contribution in [-0.4, -0.2) is 25.2 Å². The van der Waals surface area contributed by atoms with Crippen LogP contribution in [0.1, 0.15) is 60.7 Å². The van der Waals surface area contributed by atoms with Gasteiger partial charge in [-0.15, -0.1) is 0 Å². The van der Waals surface area contributed by atoms with E-state index in [2.05, 4.69) is 15.3 Å². The molecule has 1 aromatic carbocycles. The number of fused-ring (bicyclic) bond motifs is 3. The van der Waals surface area contributed by atoms with E-state index in [4.69, 9.17) is 0 Å². The monoisotopic (exact) mass is 443 g/mol. The van der Waals surface area contributed by atoms with Crippen molar-refractivity contribution in [3.05, 3.63) is 58.5 Å². The summed E-state index contributed by atoms with van der Waals surface area (Å²) in [6.07, 6.45) is 0.855. The smallest absolute Gasteiger partial charge is 0.363 e. The minimum absolute atomic E-state index is 0.134. The number of anilines is 1. The van der Waals surface area contributed by atoms with Crippen LogP contribution in [0.4, 0.5) is 19.0 Å². The normalized spacial score (nSPS) is 18.0. The molecule has 2 aliphatic rings. The molecular formula is C23H24F3N5O. The number of benzene rings is 1. The van der Waals surface area contributed by atoms with Crippen molar-refractivity contribution in [2.24, 2.45) is 5.41 Å². The fraction of sp³-hybridized carbons (Fsp3) is 0.435. The third-order valence-electron chi connectivity index (χ3n) is 6.75. The first-order chi connectivity index (χ1) is 15.1. The van der Waals surface area contributed by atoms with Crippen LogP contribution in [-0.2, 0) is 24.1 Å². The number of carbonyl (C=O) groups is 1. The van der Waals surface area contributed by atoms with Crippen molar-refractivity contribution in [2.75, 3.05) is 5.32 Å². The molecule has 1 fully saturated rings. The second-order valence-corrected chi connectivity index (χ2v) is 9.09. The van der Waals surface area contributed by atoms with Crippen LogP contribution in [0.3, 0.4) is 0 Å². The number of aromatic nitrogens is 3. The molecule has 6 nitrogen and oxygen atoms in total. The van der Waals surface area contributed by atoms with Gasteiger partial charge in [-0.05, 0) is 43.9 Å². The van der Waals surface area contributed by atoms with Gasteiger partial charge in [0.2, 0.25) is 11.7 Å². The number of rotatable bonds is 4. The van der Waals surface area contributed by atoms with Gasteiger partial charge < -0.3 is 10.2 Å². The number of alkyl halides is 3. The van der Waals surface area contributed by atoms with Crippen LogP contribution in [0.25, 0.3) is 5.78 Å². The minimum Gasteiger partial charge on any atom is -0.363 e.